The molecule has 2 N–H and O–H groups in total. The second-order valence-corrected chi connectivity index (χ2v) is 4.24. The van der Waals surface area contributed by atoms with Gasteiger partial charge < -0.3 is 10.5 Å². The standard InChI is InChI=1S/C12H17ClN2O2/c1-3-17-11-5-4-9(6-10(11)13)7-15(2)8-12(14)16/h4-6H,3,7-8H2,1-2H3,(H2,14,16). The molecule has 1 rings (SSSR count). The zero-order valence-electron chi connectivity index (χ0n) is 10.1. The van der Waals surface area contributed by atoms with Gasteiger partial charge in [0.2, 0.25) is 5.91 Å². The van der Waals surface area contributed by atoms with Crippen molar-refractivity contribution >= 4 is 17.5 Å². The maximum Gasteiger partial charge on any atom is 0.231 e. The van der Waals surface area contributed by atoms with E-state index in [0.717, 1.165) is 5.56 Å². The van der Waals surface area contributed by atoms with E-state index in [2.05, 4.69) is 0 Å². The number of primary amides is 1. The second-order valence-electron chi connectivity index (χ2n) is 3.84. The van der Waals surface area contributed by atoms with E-state index < -0.39 is 0 Å². The van der Waals surface area contributed by atoms with Crippen molar-refractivity contribution in [1.82, 2.24) is 4.90 Å². The van der Waals surface area contributed by atoms with Crippen molar-refractivity contribution in [2.24, 2.45) is 5.73 Å². The van der Waals surface area contributed by atoms with E-state index in [1.165, 1.54) is 0 Å². The number of hydrogen-bond donors (Lipinski definition) is 1. The minimum Gasteiger partial charge on any atom is -0.492 e. The lowest BCUT2D eigenvalue weighted by molar-refractivity contribution is -0.118. The number of hydrogen-bond acceptors (Lipinski definition) is 3. The molecule has 0 aromatic heterocycles. The Hall–Kier alpha value is -1.26. The number of likely N-dealkylation sites (N-methyl/N-ethyl adjacent to an activating group) is 1. The smallest absolute Gasteiger partial charge is 0.231 e. The minimum atomic E-state index is -0.343. The molecule has 0 bridgehead atoms. The van der Waals surface area contributed by atoms with Crippen LogP contribution in [0.15, 0.2) is 18.2 Å². The summed E-state index contributed by atoms with van der Waals surface area (Å²) in [5, 5.41) is 0.580. The monoisotopic (exact) mass is 256 g/mol. The van der Waals surface area contributed by atoms with Gasteiger partial charge in [0.05, 0.1) is 18.2 Å². The SMILES string of the molecule is CCOc1ccc(CN(C)CC(N)=O)cc1Cl. The van der Waals surface area contributed by atoms with E-state index in [9.17, 15) is 4.79 Å². The third kappa shape index (κ3) is 4.63. The molecule has 4 nitrogen and oxygen atoms in total. The van der Waals surface area contributed by atoms with Crippen molar-refractivity contribution in [1.29, 1.82) is 0 Å². The number of benzene rings is 1. The van der Waals surface area contributed by atoms with Gasteiger partial charge in [-0.25, -0.2) is 0 Å². The van der Waals surface area contributed by atoms with Crippen LogP contribution in [0.3, 0.4) is 0 Å². The molecule has 1 aromatic rings. The van der Waals surface area contributed by atoms with Crippen LogP contribution in [0.5, 0.6) is 5.75 Å². The van der Waals surface area contributed by atoms with Crippen molar-refractivity contribution in [3.05, 3.63) is 28.8 Å². The average molecular weight is 257 g/mol. The highest BCUT2D eigenvalue weighted by Crippen LogP contribution is 2.25. The van der Waals surface area contributed by atoms with E-state index >= 15 is 0 Å². The lowest BCUT2D eigenvalue weighted by atomic mass is 10.2. The first-order chi connectivity index (χ1) is 8.02. The fourth-order valence-corrected chi connectivity index (χ4v) is 1.81. The molecule has 0 radical (unpaired) electrons. The summed E-state index contributed by atoms with van der Waals surface area (Å²) in [4.78, 5) is 12.6. The highest BCUT2D eigenvalue weighted by atomic mass is 35.5. The molecule has 1 amide bonds. The lowest BCUT2D eigenvalue weighted by Gasteiger charge is -2.15. The predicted octanol–water partition coefficient (Wildman–Crippen LogP) is 1.66. The predicted molar refractivity (Wildman–Crippen MR) is 68.1 cm³/mol. The van der Waals surface area contributed by atoms with E-state index in [4.69, 9.17) is 22.1 Å². The van der Waals surface area contributed by atoms with Crippen molar-refractivity contribution < 1.29 is 9.53 Å². The average Bonchev–Trinajstić information content (AvgIpc) is 2.21. The summed E-state index contributed by atoms with van der Waals surface area (Å²) in [6.45, 7) is 3.34. The number of nitrogens with zero attached hydrogens (tertiary/aromatic N) is 1. The first-order valence-corrected chi connectivity index (χ1v) is 5.78. The highest BCUT2D eigenvalue weighted by Gasteiger charge is 2.06. The number of ether oxygens (including phenoxy) is 1. The van der Waals surface area contributed by atoms with Crippen molar-refractivity contribution in [3.63, 3.8) is 0 Å². The maximum absolute atomic E-state index is 10.7. The van der Waals surface area contributed by atoms with E-state index in [1.807, 2.05) is 37.1 Å². The van der Waals surface area contributed by atoms with E-state index in [0.29, 0.717) is 23.9 Å². The number of carbonyl (C=O) groups excluding carboxylic acids is 1. The first kappa shape index (κ1) is 13.8. The van der Waals surface area contributed by atoms with Gasteiger partial charge in [0.1, 0.15) is 5.75 Å². The Kier molecular flexibility index (Phi) is 5.25. The topological polar surface area (TPSA) is 55.6 Å². The summed E-state index contributed by atoms with van der Waals surface area (Å²) < 4.78 is 5.34. The highest BCUT2D eigenvalue weighted by molar-refractivity contribution is 6.32. The Bertz CT molecular complexity index is 396. The summed E-state index contributed by atoms with van der Waals surface area (Å²) in [5.41, 5.74) is 6.13. The van der Waals surface area contributed by atoms with E-state index in [-0.39, 0.29) is 12.5 Å². The van der Waals surface area contributed by atoms with Crippen LogP contribution < -0.4 is 10.5 Å². The normalized spacial score (nSPS) is 10.6. The van der Waals surface area contributed by atoms with Crippen molar-refractivity contribution in [3.8, 4) is 5.75 Å². The molecule has 0 heterocycles. The zero-order valence-corrected chi connectivity index (χ0v) is 10.8. The third-order valence-electron chi connectivity index (χ3n) is 2.17. The van der Waals surface area contributed by atoms with Crippen molar-refractivity contribution in [2.45, 2.75) is 13.5 Å². The number of amides is 1. The number of nitrogens with two attached hydrogens (primary N) is 1. The Morgan fingerprint density at radius 3 is 2.76 bits per heavy atom. The Labute approximate surface area is 106 Å². The molecule has 0 aliphatic rings. The molecule has 5 heteroatoms. The Balaban J connectivity index is 2.66. The number of carbonyl (C=O) groups is 1. The van der Waals surface area contributed by atoms with Crippen LogP contribution in [0, 0.1) is 0 Å². The van der Waals surface area contributed by atoms with E-state index in [1.54, 1.807) is 0 Å². The molecule has 0 saturated heterocycles. The van der Waals surface area contributed by atoms with Crippen molar-refractivity contribution in [2.75, 3.05) is 20.2 Å². The molecule has 0 saturated carbocycles. The number of halogens is 1. The van der Waals surface area contributed by atoms with Gasteiger partial charge in [-0.1, -0.05) is 17.7 Å². The van der Waals surface area contributed by atoms with Crippen LogP contribution in [0.4, 0.5) is 0 Å². The quantitative estimate of drug-likeness (QED) is 0.842. The van der Waals surface area contributed by atoms with Crippen LogP contribution in [-0.2, 0) is 11.3 Å². The number of rotatable bonds is 6. The largest absolute Gasteiger partial charge is 0.492 e. The molecule has 1 aromatic carbocycles. The van der Waals surface area contributed by atoms with Crippen LogP contribution in [0.25, 0.3) is 0 Å². The Morgan fingerprint density at radius 1 is 1.53 bits per heavy atom. The first-order valence-electron chi connectivity index (χ1n) is 5.41. The van der Waals surface area contributed by atoms with Crippen LogP contribution in [0.2, 0.25) is 5.02 Å². The zero-order chi connectivity index (χ0) is 12.8. The summed E-state index contributed by atoms with van der Waals surface area (Å²) >= 11 is 6.06. The molecule has 0 fully saturated rings. The summed E-state index contributed by atoms with van der Waals surface area (Å²) in [6, 6.07) is 5.59. The van der Waals surface area contributed by atoms with Gasteiger partial charge in [0.25, 0.3) is 0 Å². The summed E-state index contributed by atoms with van der Waals surface area (Å²) in [6.07, 6.45) is 0. The fraction of sp³-hybridized carbons (Fsp3) is 0.417. The van der Waals surface area contributed by atoms with Gasteiger partial charge >= 0.3 is 0 Å². The molecule has 0 aliphatic heterocycles. The van der Waals surface area contributed by atoms with Crippen LogP contribution in [0.1, 0.15) is 12.5 Å². The molecular weight excluding hydrogens is 240 g/mol. The molecular formula is C12H17ClN2O2. The van der Waals surface area contributed by atoms with Gasteiger partial charge in [-0.2, -0.15) is 0 Å². The second kappa shape index (κ2) is 6.47. The summed E-state index contributed by atoms with van der Waals surface area (Å²) in [7, 11) is 1.83. The molecule has 0 spiro atoms. The van der Waals surface area contributed by atoms with Gasteiger partial charge in [-0.3, -0.25) is 9.69 Å². The maximum atomic E-state index is 10.7. The summed E-state index contributed by atoms with van der Waals surface area (Å²) in [5.74, 6) is 0.333. The third-order valence-corrected chi connectivity index (χ3v) is 2.47. The molecule has 0 unspecified atom stereocenters. The molecule has 17 heavy (non-hydrogen) atoms. The molecule has 94 valence electrons. The lowest BCUT2D eigenvalue weighted by Crippen LogP contribution is -2.30. The minimum absolute atomic E-state index is 0.227. The van der Waals surface area contributed by atoms with Crippen LogP contribution >= 0.6 is 11.6 Å². The van der Waals surface area contributed by atoms with Crippen LogP contribution in [-0.4, -0.2) is 31.0 Å². The van der Waals surface area contributed by atoms with Gasteiger partial charge in [-0.15, -0.1) is 0 Å². The van der Waals surface area contributed by atoms with Gasteiger partial charge in [-0.05, 0) is 31.7 Å². The van der Waals surface area contributed by atoms with Gasteiger partial charge in [0, 0.05) is 6.54 Å². The fourth-order valence-electron chi connectivity index (χ4n) is 1.55. The molecule has 0 atom stereocenters. The molecule has 0 aliphatic carbocycles. The Morgan fingerprint density at radius 2 is 2.24 bits per heavy atom. The van der Waals surface area contributed by atoms with Gasteiger partial charge in [0.15, 0.2) is 0 Å².